The van der Waals surface area contributed by atoms with Gasteiger partial charge in [0.05, 0.1) is 11.1 Å². The van der Waals surface area contributed by atoms with Crippen LogP contribution in [0.4, 0.5) is 13.2 Å². The monoisotopic (exact) mass is 291 g/mol. The Kier molecular flexibility index (Phi) is 2.53. The maximum atomic E-state index is 12.5. The molecule has 0 spiro atoms. The number of hydrogen-bond donors (Lipinski definition) is 1. The first-order valence-electron chi connectivity index (χ1n) is 4.23. The summed E-state index contributed by atoms with van der Waals surface area (Å²) in [6, 6.07) is 3.39. The number of phenols is 1. The zero-order valence-corrected chi connectivity index (χ0v) is 9.30. The van der Waals surface area contributed by atoms with Crippen LogP contribution in [0.1, 0.15) is 5.56 Å². The van der Waals surface area contributed by atoms with Crippen molar-refractivity contribution >= 4 is 26.8 Å². The van der Waals surface area contributed by atoms with E-state index < -0.39 is 17.5 Å². The van der Waals surface area contributed by atoms with Crippen LogP contribution in [0.3, 0.4) is 0 Å². The fraction of sp³-hybridized carbons (Fsp3) is 0.100. The van der Waals surface area contributed by atoms with Crippen LogP contribution < -0.4 is 0 Å². The minimum absolute atomic E-state index is 0.314. The van der Waals surface area contributed by atoms with Crippen LogP contribution >= 0.6 is 15.9 Å². The van der Waals surface area contributed by atoms with Crippen LogP contribution in [0.15, 0.2) is 28.9 Å². The van der Waals surface area contributed by atoms with Crippen LogP contribution in [0, 0.1) is 0 Å². The van der Waals surface area contributed by atoms with Crippen LogP contribution in [0.5, 0.6) is 5.75 Å². The fourth-order valence-corrected chi connectivity index (χ4v) is 1.71. The highest BCUT2D eigenvalue weighted by molar-refractivity contribution is 9.10. The molecule has 0 bridgehead atoms. The van der Waals surface area contributed by atoms with E-state index in [1.807, 2.05) is 0 Å². The fourth-order valence-electron chi connectivity index (χ4n) is 1.37. The molecule has 0 amide bonds. The Bertz CT molecular complexity index is 553. The van der Waals surface area contributed by atoms with Crippen molar-refractivity contribution in [1.29, 1.82) is 0 Å². The van der Waals surface area contributed by atoms with E-state index in [0.717, 1.165) is 12.1 Å². The van der Waals surface area contributed by atoms with Crippen LogP contribution in [0.2, 0.25) is 0 Å². The summed E-state index contributed by atoms with van der Waals surface area (Å²) in [6.07, 6.45) is -3.12. The van der Waals surface area contributed by atoms with E-state index in [1.165, 1.54) is 12.3 Å². The lowest BCUT2D eigenvalue weighted by Gasteiger charge is -2.09. The highest BCUT2D eigenvalue weighted by atomic mass is 79.9. The van der Waals surface area contributed by atoms with Crippen molar-refractivity contribution in [2.75, 3.05) is 0 Å². The predicted octanol–water partition coefficient (Wildman–Crippen LogP) is 3.72. The van der Waals surface area contributed by atoms with Gasteiger partial charge in [0.1, 0.15) is 5.75 Å². The van der Waals surface area contributed by atoms with Crippen LogP contribution in [0.25, 0.3) is 10.9 Å². The van der Waals surface area contributed by atoms with Gasteiger partial charge in [0.25, 0.3) is 0 Å². The van der Waals surface area contributed by atoms with Gasteiger partial charge in [-0.2, -0.15) is 13.2 Å². The number of fused-ring (bicyclic) bond motifs is 1. The van der Waals surface area contributed by atoms with E-state index in [-0.39, 0.29) is 0 Å². The van der Waals surface area contributed by atoms with E-state index >= 15 is 0 Å². The van der Waals surface area contributed by atoms with Gasteiger partial charge < -0.3 is 5.11 Å². The highest BCUT2D eigenvalue weighted by Crippen LogP contribution is 2.37. The first-order chi connectivity index (χ1) is 7.38. The standard InChI is InChI=1S/C10H5BrF3NO/c11-6-1-5-2-7(10(12,13)14)9(16)3-8(5)15-4-6/h1-4,16H. The Morgan fingerprint density at radius 3 is 2.50 bits per heavy atom. The molecule has 1 N–H and O–H groups in total. The van der Waals surface area contributed by atoms with Gasteiger partial charge in [0.2, 0.25) is 0 Å². The molecule has 2 nitrogen and oxygen atoms in total. The number of aromatic nitrogens is 1. The molecule has 16 heavy (non-hydrogen) atoms. The second-order valence-corrected chi connectivity index (χ2v) is 4.13. The van der Waals surface area contributed by atoms with Gasteiger partial charge in [-0.15, -0.1) is 0 Å². The number of phenolic OH excluding ortho intramolecular Hbond substituents is 1. The predicted molar refractivity (Wildman–Crippen MR) is 56.1 cm³/mol. The van der Waals surface area contributed by atoms with Gasteiger partial charge in [-0.1, -0.05) is 0 Å². The number of alkyl halides is 3. The average molecular weight is 292 g/mol. The first kappa shape index (κ1) is 11.2. The number of benzene rings is 1. The van der Waals surface area contributed by atoms with Crippen molar-refractivity contribution in [3.05, 3.63) is 34.4 Å². The van der Waals surface area contributed by atoms with E-state index in [9.17, 15) is 18.3 Å². The van der Waals surface area contributed by atoms with Crippen LogP contribution in [-0.4, -0.2) is 10.1 Å². The summed E-state index contributed by atoms with van der Waals surface area (Å²) >= 11 is 3.12. The molecule has 2 rings (SSSR count). The summed E-state index contributed by atoms with van der Waals surface area (Å²) in [7, 11) is 0. The molecule has 0 aliphatic carbocycles. The van der Waals surface area contributed by atoms with Gasteiger partial charge in [-0.05, 0) is 28.1 Å². The molecule has 84 valence electrons. The second-order valence-electron chi connectivity index (χ2n) is 3.21. The van der Waals surface area contributed by atoms with E-state index in [4.69, 9.17) is 0 Å². The lowest BCUT2D eigenvalue weighted by atomic mass is 10.1. The molecule has 0 radical (unpaired) electrons. The van der Waals surface area contributed by atoms with Crippen molar-refractivity contribution in [2.24, 2.45) is 0 Å². The van der Waals surface area contributed by atoms with E-state index in [0.29, 0.717) is 15.4 Å². The third kappa shape index (κ3) is 1.97. The van der Waals surface area contributed by atoms with Gasteiger partial charge in [0.15, 0.2) is 0 Å². The summed E-state index contributed by atoms with van der Waals surface area (Å²) in [5.41, 5.74) is -0.742. The number of pyridine rings is 1. The number of aromatic hydroxyl groups is 1. The lowest BCUT2D eigenvalue weighted by Crippen LogP contribution is -2.05. The Labute approximate surface area is 96.9 Å². The maximum Gasteiger partial charge on any atom is 0.419 e. The van der Waals surface area contributed by atoms with Crippen molar-refractivity contribution in [3.8, 4) is 5.75 Å². The summed E-state index contributed by atoms with van der Waals surface area (Å²) in [5.74, 6) is -0.810. The third-order valence-corrected chi connectivity index (χ3v) is 2.50. The topological polar surface area (TPSA) is 33.1 Å². The van der Waals surface area contributed by atoms with Crippen molar-refractivity contribution in [2.45, 2.75) is 6.18 Å². The molecular formula is C10H5BrF3NO. The Morgan fingerprint density at radius 1 is 1.19 bits per heavy atom. The molecule has 6 heteroatoms. The first-order valence-corrected chi connectivity index (χ1v) is 5.03. The van der Waals surface area contributed by atoms with Crippen molar-refractivity contribution in [1.82, 2.24) is 4.98 Å². The van der Waals surface area contributed by atoms with E-state index in [1.54, 1.807) is 0 Å². The molecule has 0 atom stereocenters. The smallest absolute Gasteiger partial charge is 0.419 e. The molecule has 1 aromatic carbocycles. The molecule has 1 aromatic heterocycles. The Morgan fingerprint density at radius 2 is 1.88 bits per heavy atom. The number of nitrogens with zero attached hydrogens (tertiary/aromatic N) is 1. The molecular weight excluding hydrogens is 287 g/mol. The number of halogens is 4. The SMILES string of the molecule is Oc1cc2ncc(Br)cc2cc1C(F)(F)F. The average Bonchev–Trinajstić information content (AvgIpc) is 2.16. The normalized spacial score (nSPS) is 12.0. The molecule has 2 aromatic rings. The van der Waals surface area contributed by atoms with Gasteiger partial charge in [0, 0.05) is 22.1 Å². The van der Waals surface area contributed by atoms with E-state index in [2.05, 4.69) is 20.9 Å². The summed E-state index contributed by atoms with van der Waals surface area (Å²) in [5, 5.41) is 9.56. The minimum Gasteiger partial charge on any atom is -0.507 e. The zero-order chi connectivity index (χ0) is 11.9. The molecule has 1 heterocycles. The van der Waals surface area contributed by atoms with Gasteiger partial charge >= 0.3 is 6.18 Å². The van der Waals surface area contributed by atoms with Crippen molar-refractivity contribution < 1.29 is 18.3 Å². The number of hydrogen-bond acceptors (Lipinski definition) is 2. The number of rotatable bonds is 0. The summed E-state index contributed by atoms with van der Waals surface area (Å²) in [4.78, 5) is 3.89. The summed E-state index contributed by atoms with van der Waals surface area (Å²) in [6.45, 7) is 0. The Hall–Kier alpha value is -1.30. The van der Waals surface area contributed by atoms with Gasteiger partial charge in [-0.25, -0.2) is 0 Å². The second kappa shape index (κ2) is 3.62. The molecule has 0 fully saturated rings. The zero-order valence-electron chi connectivity index (χ0n) is 7.72. The molecule has 0 saturated heterocycles. The van der Waals surface area contributed by atoms with Crippen LogP contribution in [-0.2, 0) is 6.18 Å². The maximum absolute atomic E-state index is 12.5. The molecule has 0 saturated carbocycles. The minimum atomic E-state index is -4.57. The summed E-state index contributed by atoms with van der Waals surface area (Å²) < 4.78 is 38.0. The Balaban J connectivity index is 2.74. The molecule has 0 aliphatic rings. The van der Waals surface area contributed by atoms with Crippen molar-refractivity contribution in [3.63, 3.8) is 0 Å². The third-order valence-electron chi connectivity index (χ3n) is 2.07. The molecule has 0 aliphatic heterocycles. The van der Waals surface area contributed by atoms with Gasteiger partial charge in [-0.3, -0.25) is 4.98 Å². The quantitative estimate of drug-likeness (QED) is 0.802. The highest BCUT2D eigenvalue weighted by Gasteiger charge is 2.34. The largest absolute Gasteiger partial charge is 0.507 e. The lowest BCUT2D eigenvalue weighted by molar-refractivity contribution is -0.138. The molecule has 0 unspecified atom stereocenters.